The summed E-state index contributed by atoms with van der Waals surface area (Å²) in [5.74, 6) is 1.60. The van der Waals surface area contributed by atoms with Crippen LogP contribution in [0, 0.1) is 5.41 Å². The van der Waals surface area contributed by atoms with Crippen LogP contribution >= 0.6 is 0 Å². The number of ether oxygens (including phenoxy) is 3. The molecule has 4 nitrogen and oxygen atoms in total. The van der Waals surface area contributed by atoms with Gasteiger partial charge in [-0.3, -0.25) is 5.41 Å². The molecule has 1 aliphatic rings. The Bertz CT molecular complexity index is 390. The molecule has 1 heterocycles. The summed E-state index contributed by atoms with van der Waals surface area (Å²) < 4.78 is 16.2. The minimum atomic E-state index is 0.165. The van der Waals surface area contributed by atoms with Crippen LogP contribution in [0.25, 0.3) is 0 Å². The van der Waals surface area contributed by atoms with E-state index in [1.165, 1.54) is 0 Å². The normalized spacial score (nSPS) is 14.1. The third kappa shape index (κ3) is 2.27. The first-order valence-corrected chi connectivity index (χ1v) is 5.42. The van der Waals surface area contributed by atoms with Gasteiger partial charge in [0.05, 0.1) is 19.8 Å². The topological polar surface area (TPSA) is 51.5 Å². The molecule has 1 N–H and O–H groups in total. The maximum Gasteiger partial charge on any atom is 0.213 e. The predicted molar refractivity (Wildman–Crippen MR) is 60.5 cm³/mol. The molecule has 0 unspecified atom stereocenters. The Morgan fingerprint density at radius 2 is 2.06 bits per heavy atom. The van der Waals surface area contributed by atoms with Gasteiger partial charge in [-0.05, 0) is 25.1 Å². The molecule has 0 fully saturated rings. The molecule has 0 amide bonds. The Hall–Kier alpha value is -1.71. The molecule has 1 aliphatic heterocycles. The van der Waals surface area contributed by atoms with Crippen LogP contribution in [-0.4, -0.2) is 25.7 Å². The average molecular weight is 221 g/mol. The lowest BCUT2D eigenvalue weighted by Crippen LogP contribution is -2.05. The van der Waals surface area contributed by atoms with Crippen molar-refractivity contribution in [2.75, 3.05) is 19.8 Å². The van der Waals surface area contributed by atoms with E-state index in [9.17, 15) is 0 Å². The summed E-state index contributed by atoms with van der Waals surface area (Å²) in [5, 5.41) is 7.68. The van der Waals surface area contributed by atoms with Crippen molar-refractivity contribution in [2.24, 2.45) is 0 Å². The summed E-state index contributed by atoms with van der Waals surface area (Å²) in [6.07, 6.45) is 0.882. The van der Waals surface area contributed by atoms with Gasteiger partial charge in [-0.15, -0.1) is 0 Å². The van der Waals surface area contributed by atoms with E-state index in [1.807, 2.05) is 19.1 Å². The second-order valence-electron chi connectivity index (χ2n) is 3.47. The fourth-order valence-corrected chi connectivity index (χ4v) is 1.53. The third-order valence-corrected chi connectivity index (χ3v) is 2.30. The van der Waals surface area contributed by atoms with Crippen molar-refractivity contribution < 1.29 is 14.2 Å². The Kier molecular flexibility index (Phi) is 3.29. The van der Waals surface area contributed by atoms with Crippen LogP contribution in [0.3, 0.4) is 0 Å². The fraction of sp³-hybridized carbons (Fsp3) is 0.417. The maximum atomic E-state index is 7.68. The standard InChI is InChI=1S/C12H15NO3/c1-2-14-12(13)9-4-5-10-11(8-9)16-7-3-6-15-10/h4-5,8,13H,2-3,6-7H2,1H3. The molecular formula is C12H15NO3. The second-order valence-corrected chi connectivity index (χ2v) is 3.47. The number of hydrogen-bond acceptors (Lipinski definition) is 4. The van der Waals surface area contributed by atoms with Crippen molar-refractivity contribution in [2.45, 2.75) is 13.3 Å². The van der Waals surface area contributed by atoms with Gasteiger partial charge in [0.25, 0.3) is 0 Å². The van der Waals surface area contributed by atoms with Gasteiger partial charge in [0.1, 0.15) is 0 Å². The molecule has 1 aromatic carbocycles. The molecule has 0 radical (unpaired) electrons. The molecule has 1 aromatic rings. The van der Waals surface area contributed by atoms with Crippen LogP contribution in [0.1, 0.15) is 18.9 Å². The molecule has 0 bridgehead atoms. The molecule has 0 aliphatic carbocycles. The number of nitrogens with one attached hydrogen (secondary N) is 1. The van der Waals surface area contributed by atoms with Crippen molar-refractivity contribution >= 4 is 5.90 Å². The molecular weight excluding hydrogens is 206 g/mol. The van der Waals surface area contributed by atoms with Crippen LogP contribution in [-0.2, 0) is 4.74 Å². The average Bonchev–Trinajstić information content (AvgIpc) is 2.53. The molecule has 16 heavy (non-hydrogen) atoms. The van der Waals surface area contributed by atoms with E-state index < -0.39 is 0 Å². The summed E-state index contributed by atoms with van der Waals surface area (Å²) in [6.45, 7) is 3.68. The Balaban J connectivity index is 2.23. The number of hydrogen-bond donors (Lipinski definition) is 1. The third-order valence-electron chi connectivity index (χ3n) is 2.30. The number of benzene rings is 1. The number of rotatable bonds is 2. The predicted octanol–water partition coefficient (Wildman–Crippen LogP) is 2.21. The molecule has 2 rings (SSSR count). The van der Waals surface area contributed by atoms with Crippen LogP contribution in [0.5, 0.6) is 11.5 Å². The van der Waals surface area contributed by atoms with Gasteiger partial charge >= 0.3 is 0 Å². The number of fused-ring (bicyclic) bond motifs is 1. The van der Waals surface area contributed by atoms with E-state index >= 15 is 0 Å². The van der Waals surface area contributed by atoms with Crippen LogP contribution in [0.2, 0.25) is 0 Å². The zero-order valence-electron chi connectivity index (χ0n) is 9.29. The monoisotopic (exact) mass is 221 g/mol. The van der Waals surface area contributed by atoms with E-state index in [0.29, 0.717) is 31.1 Å². The van der Waals surface area contributed by atoms with E-state index in [1.54, 1.807) is 6.07 Å². The minimum absolute atomic E-state index is 0.165. The SMILES string of the molecule is CCOC(=N)c1ccc2c(c1)OCCCO2. The molecule has 0 saturated carbocycles. The summed E-state index contributed by atoms with van der Waals surface area (Å²) in [4.78, 5) is 0. The molecule has 0 aromatic heterocycles. The van der Waals surface area contributed by atoms with Gasteiger partial charge < -0.3 is 14.2 Å². The van der Waals surface area contributed by atoms with Crippen molar-refractivity contribution in [3.8, 4) is 11.5 Å². The van der Waals surface area contributed by atoms with Gasteiger partial charge in [0, 0.05) is 12.0 Å². The zero-order chi connectivity index (χ0) is 11.4. The Morgan fingerprint density at radius 3 is 2.81 bits per heavy atom. The van der Waals surface area contributed by atoms with Crippen molar-refractivity contribution in [3.05, 3.63) is 23.8 Å². The summed E-state index contributed by atoms with van der Waals surface area (Å²) in [6, 6.07) is 5.42. The van der Waals surface area contributed by atoms with Crippen molar-refractivity contribution in [1.29, 1.82) is 5.41 Å². The van der Waals surface area contributed by atoms with Gasteiger partial charge in [-0.25, -0.2) is 0 Å². The molecule has 0 saturated heterocycles. The second kappa shape index (κ2) is 4.88. The molecule has 4 heteroatoms. The highest BCUT2D eigenvalue weighted by atomic mass is 16.5. The summed E-state index contributed by atoms with van der Waals surface area (Å²) >= 11 is 0. The van der Waals surface area contributed by atoms with E-state index in [-0.39, 0.29) is 5.90 Å². The Labute approximate surface area is 94.6 Å². The van der Waals surface area contributed by atoms with E-state index in [0.717, 1.165) is 12.2 Å². The maximum absolute atomic E-state index is 7.68. The van der Waals surface area contributed by atoms with Crippen LogP contribution < -0.4 is 9.47 Å². The summed E-state index contributed by atoms with van der Waals surface area (Å²) in [7, 11) is 0. The summed E-state index contributed by atoms with van der Waals surface area (Å²) in [5.41, 5.74) is 0.714. The van der Waals surface area contributed by atoms with E-state index in [2.05, 4.69) is 0 Å². The first kappa shape index (κ1) is 10.8. The molecule has 0 spiro atoms. The van der Waals surface area contributed by atoms with Gasteiger partial charge in [-0.2, -0.15) is 0 Å². The van der Waals surface area contributed by atoms with Crippen LogP contribution in [0.15, 0.2) is 18.2 Å². The lowest BCUT2D eigenvalue weighted by molar-refractivity contribution is 0.296. The first-order chi connectivity index (χ1) is 7.81. The lowest BCUT2D eigenvalue weighted by Gasteiger charge is -2.10. The van der Waals surface area contributed by atoms with E-state index in [4.69, 9.17) is 19.6 Å². The van der Waals surface area contributed by atoms with Crippen molar-refractivity contribution in [3.63, 3.8) is 0 Å². The van der Waals surface area contributed by atoms with Gasteiger partial charge in [0.15, 0.2) is 11.5 Å². The first-order valence-electron chi connectivity index (χ1n) is 5.42. The molecule has 86 valence electrons. The smallest absolute Gasteiger partial charge is 0.213 e. The zero-order valence-corrected chi connectivity index (χ0v) is 9.29. The van der Waals surface area contributed by atoms with Crippen LogP contribution in [0.4, 0.5) is 0 Å². The highest BCUT2D eigenvalue weighted by Gasteiger charge is 2.12. The Morgan fingerprint density at radius 1 is 1.31 bits per heavy atom. The molecule has 0 atom stereocenters. The van der Waals surface area contributed by atoms with Crippen molar-refractivity contribution in [1.82, 2.24) is 0 Å². The van der Waals surface area contributed by atoms with Gasteiger partial charge in [0.2, 0.25) is 5.90 Å². The highest BCUT2D eigenvalue weighted by molar-refractivity contribution is 5.92. The lowest BCUT2D eigenvalue weighted by atomic mass is 10.2. The minimum Gasteiger partial charge on any atom is -0.490 e. The van der Waals surface area contributed by atoms with Gasteiger partial charge in [-0.1, -0.05) is 0 Å². The fourth-order valence-electron chi connectivity index (χ4n) is 1.53. The quantitative estimate of drug-likeness (QED) is 0.615. The highest BCUT2D eigenvalue weighted by Crippen LogP contribution is 2.30. The largest absolute Gasteiger partial charge is 0.490 e.